The van der Waals surface area contributed by atoms with Gasteiger partial charge in [0.15, 0.2) is 5.82 Å². The van der Waals surface area contributed by atoms with Crippen molar-refractivity contribution < 1.29 is 14.3 Å². The number of thioether (sulfide) groups is 1. The van der Waals surface area contributed by atoms with Crippen LogP contribution in [0.15, 0.2) is 120 Å². The summed E-state index contributed by atoms with van der Waals surface area (Å²) >= 11 is 1.54. The van der Waals surface area contributed by atoms with E-state index in [4.69, 9.17) is 4.74 Å². The van der Waals surface area contributed by atoms with Crippen molar-refractivity contribution in [3.05, 3.63) is 132 Å². The minimum absolute atomic E-state index is 0.0797. The lowest BCUT2D eigenvalue weighted by molar-refractivity contribution is -0.113. The summed E-state index contributed by atoms with van der Waals surface area (Å²) in [5, 5.41) is 17.8. The third kappa shape index (κ3) is 7.29. The fourth-order valence-electron chi connectivity index (χ4n) is 4.06. The molecule has 2 N–H and O–H groups in total. The molecule has 5 aromatic rings. The van der Waals surface area contributed by atoms with Gasteiger partial charge in [-0.2, -0.15) is 4.68 Å². The van der Waals surface area contributed by atoms with E-state index in [1.165, 1.54) is 11.8 Å². The molecule has 2 amide bonds. The highest BCUT2D eigenvalue weighted by molar-refractivity contribution is 7.98. The molecule has 9 nitrogen and oxygen atoms in total. The monoisotopic (exact) mass is 576 g/mol. The Morgan fingerprint density at radius 1 is 0.905 bits per heavy atom. The number of tetrazole rings is 1. The first-order chi connectivity index (χ1) is 20.6. The van der Waals surface area contributed by atoms with E-state index in [2.05, 4.69) is 26.2 Å². The zero-order chi connectivity index (χ0) is 29.1. The van der Waals surface area contributed by atoms with Crippen molar-refractivity contribution in [1.82, 2.24) is 25.5 Å². The average molecular weight is 577 g/mol. The van der Waals surface area contributed by atoms with Gasteiger partial charge < -0.3 is 15.4 Å². The van der Waals surface area contributed by atoms with Crippen LogP contribution in [0.2, 0.25) is 0 Å². The maximum absolute atomic E-state index is 13.5. The fraction of sp³-hybridized carbons (Fsp3) is 0.0938. The van der Waals surface area contributed by atoms with Gasteiger partial charge in [0.2, 0.25) is 0 Å². The van der Waals surface area contributed by atoms with Crippen molar-refractivity contribution >= 4 is 35.3 Å². The lowest BCUT2D eigenvalue weighted by Gasteiger charge is -2.13. The van der Waals surface area contributed by atoms with Gasteiger partial charge in [0, 0.05) is 21.7 Å². The Balaban J connectivity index is 1.34. The number of aromatic nitrogens is 4. The van der Waals surface area contributed by atoms with Crippen LogP contribution in [0.3, 0.4) is 0 Å². The molecule has 4 aromatic carbocycles. The van der Waals surface area contributed by atoms with Crippen LogP contribution in [0, 0.1) is 0 Å². The van der Waals surface area contributed by atoms with Crippen LogP contribution in [0.25, 0.3) is 11.8 Å². The summed E-state index contributed by atoms with van der Waals surface area (Å²) in [6.45, 7) is 2.35. The number of hydrogen-bond acceptors (Lipinski definition) is 7. The van der Waals surface area contributed by atoms with Gasteiger partial charge in [-0.1, -0.05) is 60.7 Å². The molecule has 0 aliphatic carbocycles. The van der Waals surface area contributed by atoms with E-state index in [-0.39, 0.29) is 5.70 Å². The molecular weight excluding hydrogens is 548 g/mol. The van der Waals surface area contributed by atoms with Gasteiger partial charge in [-0.25, -0.2) is 0 Å². The first-order valence-electron chi connectivity index (χ1n) is 13.3. The molecule has 0 saturated heterocycles. The van der Waals surface area contributed by atoms with Gasteiger partial charge in [-0.05, 0) is 72.0 Å². The summed E-state index contributed by atoms with van der Waals surface area (Å²) in [5.74, 6) is 0.955. The Morgan fingerprint density at radius 3 is 2.43 bits per heavy atom. The Morgan fingerprint density at radius 2 is 1.64 bits per heavy atom. The number of ether oxygens (including phenoxy) is 1. The van der Waals surface area contributed by atoms with E-state index in [0.29, 0.717) is 40.7 Å². The Kier molecular flexibility index (Phi) is 9.38. The molecule has 1 heterocycles. The molecule has 0 saturated carbocycles. The van der Waals surface area contributed by atoms with Crippen molar-refractivity contribution in [3.63, 3.8) is 0 Å². The van der Waals surface area contributed by atoms with Crippen molar-refractivity contribution in [3.8, 4) is 11.4 Å². The maximum Gasteiger partial charge on any atom is 0.272 e. The topological polar surface area (TPSA) is 111 Å². The van der Waals surface area contributed by atoms with Crippen LogP contribution in [0.5, 0.6) is 5.75 Å². The molecule has 0 fully saturated rings. The molecule has 1 aromatic heterocycles. The van der Waals surface area contributed by atoms with E-state index in [1.807, 2.05) is 85.8 Å². The maximum atomic E-state index is 13.5. The first kappa shape index (κ1) is 28.3. The van der Waals surface area contributed by atoms with E-state index in [1.54, 1.807) is 41.1 Å². The Hall–Kier alpha value is -5.22. The largest absolute Gasteiger partial charge is 0.493 e. The van der Waals surface area contributed by atoms with E-state index in [0.717, 1.165) is 10.6 Å². The van der Waals surface area contributed by atoms with Crippen molar-refractivity contribution in [2.45, 2.75) is 17.6 Å². The molecule has 0 atom stereocenters. The molecule has 0 unspecified atom stereocenters. The number of carbonyl (C=O) groups excluding carboxylic acids is 2. The first-order valence-corrected chi connectivity index (χ1v) is 14.3. The number of para-hydroxylation sites is 2. The predicted molar refractivity (Wildman–Crippen MR) is 163 cm³/mol. The molecule has 0 bridgehead atoms. The van der Waals surface area contributed by atoms with Crippen LogP contribution in [0.1, 0.15) is 28.7 Å². The highest BCUT2D eigenvalue weighted by Crippen LogP contribution is 2.26. The van der Waals surface area contributed by atoms with Crippen molar-refractivity contribution in [2.75, 3.05) is 11.9 Å². The highest BCUT2D eigenvalue weighted by Gasteiger charge is 2.17. The molecular formula is C32H28N6O3S. The van der Waals surface area contributed by atoms with Gasteiger partial charge in [0.1, 0.15) is 11.4 Å². The molecule has 0 spiro atoms. The summed E-state index contributed by atoms with van der Waals surface area (Å²) in [5.41, 5.74) is 2.63. The lowest BCUT2D eigenvalue weighted by Crippen LogP contribution is -2.30. The van der Waals surface area contributed by atoms with E-state index in [9.17, 15) is 9.59 Å². The quantitative estimate of drug-likeness (QED) is 0.152. The smallest absolute Gasteiger partial charge is 0.272 e. The molecule has 0 aliphatic heterocycles. The fourth-order valence-corrected chi connectivity index (χ4v) is 4.92. The third-order valence-corrected chi connectivity index (χ3v) is 7.03. The standard InChI is InChI=1S/C32H28N6O3S/c1-2-41-29-19-10-9-14-24(29)20-28(34-31(39)23-12-5-3-6-13-23)32(40)33-25-15-11-18-27(21-25)42-22-30-35-36-37-38(30)26-16-7-4-8-17-26/h3-21H,2,22H2,1H3,(H,33,40)(H,34,39)/b28-20+. The number of amides is 2. The molecule has 42 heavy (non-hydrogen) atoms. The van der Waals surface area contributed by atoms with E-state index < -0.39 is 11.8 Å². The Labute approximate surface area is 247 Å². The summed E-state index contributed by atoms with van der Waals surface area (Å²) in [6, 6.07) is 33.2. The third-order valence-electron chi connectivity index (χ3n) is 6.04. The average Bonchev–Trinajstić information content (AvgIpc) is 3.50. The zero-order valence-corrected chi connectivity index (χ0v) is 23.6. The summed E-state index contributed by atoms with van der Waals surface area (Å²) < 4.78 is 7.43. The molecule has 210 valence electrons. The van der Waals surface area contributed by atoms with E-state index >= 15 is 0 Å². The number of nitrogens with one attached hydrogen (secondary N) is 2. The number of carbonyl (C=O) groups is 2. The van der Waals surface area contributed by atoms with Crippen LogP contribution in [-0.2, 0) is 10.5 Å². The zero-order valence-electron chi connectivity index (χ0n) is 22.8. The minimum Gasteiger partial charge on any atom is -0.493 e. The molecule has 0 radical (unpaired) electrons. The lowest BCUT2D eigenvalue weighted by atomic mass is 10.1. The van der Waals surface area contributed by atoms with Gasteiger partial charge in [-0.15, -0.1) is 16.9 Å². The van der Waals surface area contributed by atoms with Crippen LogP contribution < -0.4 is 15.4 Å². The number of benzene rings is 4. The second-order valence-corrected chi connectivity index (χ2v) is 10.0. The number of nitrogens with zero attached hydrogens (tertiary/aromatic N) is 4. The number of anilines is 1. The van der Waals surface area contributed by atoms with Crippen LogP contribution in [0.4, 0.5) is 5.69 Å². The van der Waals surface area contributed by atoms with Crippen molar-refractivity contribution in [2.24, 2.45) is 0 Å². The summed E-state index contributed by atoms with van der Waals surface area (Å²) in [4.78, 5) is 27.5. The summed E-state index contributed by atoms with van der Waals surface area (Å²) in [7, 11) is 0. The second-order valence-electron chi connectivity index (χ2n) is 8.96. The number of hydrogen-bond donors (Lipinski definition) is 2. The van der Waals surface area contributed by atoms with Gasteiger partial charge in [-0.3, -0.25) is 9.59 Å². The molecule has 10 heteroatoms. The van der Waals surface area contributed by atoms with Gasteiger partial charge in [0.05, 0.1) is 18.0 Å². The summed E-state index contributed by atoms with van der Waals surface area (Å²) in [6.07, 6.45) is 1.61. The number of rotatable bonds is 11. The predicted octanol–water partition coefficient (Wildman–Crippen LogP) is 5.76. The second kappa shape index (κ2) is 13.9. The normalized spacial score (nSPS) is 11.1. The van der Waals surface area contributed by atoms with Crippen LogP contribution >= 0.6 is 11.8 Å². The van der Waals surface area contributed by atoms with Crippen molar-refractivity contribution in [1.29, 1.82) is 0 Å². The molecule has 0 aliphatic rings. The molecule has 5 rings (SSSR count). The Bertz CT molecular complexity index is 1690. The minimum atomic E-state index is -0.472. The van der Waals surface area contributed by atoms with Gasteiger partial charge in [0.25, 0.3) is 11.8 Å². The highest BCUT2D eigenvalue weighted by atomic mass is 32.2. The van der Waals surface area contributed by atoms with Gasteiger partial charge >= 0.3 is 0 Å². The van der Waals surface area contributed by atoms with Crippen LogP contribution in [-0.4, -0.2) is 38.6 Å². The SMILES string of the molecule is CCOc1ccccc1/C=C(/NC(=O)c1ccccc1)C(=O)Nc1cccc(SCc2nnnn2-c2ccccc2)c1.